The number of aromatic nitrogens is 5. The summed E-state index contributed by atoms with van der Waals surface area (Å²) >= 11 is 0. The number of amides is 5. The van der Waals surface area contributed by atoms with Crippen molar-refractivity contribution in [3.63, 3.8) is 0 Å². The maximum Gasteiger partial charge on any atom is 1.00 e. The number of nitrogens with two attached hydrogens (primary N) is 1. The number of ether oxygens (including phenoxy) is 5. The van der Waals surface area contributed by atoms with Crippen molar-refractivity contribution >= 4 is 145 Å². The molecule has 732 valence electrons. The minimum atomic E-state index is -5.20. The predicted octanol–water partition coefficient (Wildman–Crippen LogP) is 14.2. The van der Waals surface area contributed by atoms with Crippen molar-refractivity contribution in [1.82, 2.24) is 24.9 Å². The SMILES string of the molecule is C.CC.CO.COC(=O)Cc1ccc(N(C(=O)C(F)(F)F)c2ccc(N)cn2)cc1.COC(=O)Cc1ccc(N(C(=O)C(F)(F)F)c2ccc(NC(=O)c3ccccc3)cn2)cc1.COC(=O)Cc1ccc(N(C(=O)C(F)(F)F)c2ccc([N+](=O)[O-])cn2)cc1.COC(=O)Cc1ccc(Nc2ccc(NC(=O)c3ccccc3)cn2)cc1.COC(=O)Cc1ccc(Nc2ccc([N+](=O)[O-])cn2)cc1.[Na+].[OH-]. The average Bonchev–Trinajstić information content (AvgIpc) is 0.834. The van der Waals surface area contributed by atoms with Gasteiger partial charge in [0.25, 0.3) is 23.2 Å². The molecule has 5 aromatic heterocycles. The van der Waals surface area contributed by atoms with Gasteiger partial charge in [-0.05, 0) is 161 Å². The molecule has 12 rings (SSSR count). The normalized spacial score (nSPS) is 10.2. The van der Waals surface area contributed by atoms with E-state index in [0.29, 0.717) is 54.9 Å². The van der Waals surface area contributed by atoms with E-state index in [9.17, 15) is 108 Å². The molecule has 0 spiro atoms. The number of hydrogen-bond donors (Lipinski definition) is 6. The number of methoxy groups -OCH3 is 5. The number of alkyl halides is 9. The number of carbonyl (C=O) groups excluding carboxylic acids is 10. The van der Waals surface area contributed by atoms with E-state index in [0.717, 1.165) is 60.3 Å². The fourth-order valence-electron chi connectivity index (χ4n) is 11.1. The number of rotatable bonds is 26. The quantitative estimate of drug-likeness (QED) is 0.00732. The number of esters is 5. The molecule has 46 heteroatoms. The fraction of sp³-hybridized carbons (Fsp3) is 0.181. The van der Waals surface area contributed by atoms with Gasteiger partial charge in [0, 0.05) is 41.7 Å². The molecule has 36 nitrogen and oxygen atoms in total. The Bertz CT molecular complexity index is 6010. The standard InChI is InChI=1S/C23H18F3N3O4.C21H19N3O3.C16H12F3N3O5.C16H14F3N3O3.C14H13N3O4.C2H6.CH4O.CH4.Na.H2O/c1-33-20(30)13-15-7-10-18(11-8-15)29(22(32)23(24,25)26)19-12-9-17(14-27-19)28-21(31)16-5-3-2-4-6-16;1-27-20(25)13-15-7-9-17(10-8-15)23-19-12-11-18(14-22-19)24-21(26)16-5-3-2-4-6-16;1-27-14(23)8-10-2-4-11(5-3-10)21(15(24)16(17,18)19)13-7-6-12(9-20-13)22(25)26;1-25-14(23)8-10-2-5-12(6-3-10)22(15(24)16(17,18)19)13-7-4-11(20)9-21-13;1-21-14(18)8-10-2-4-11(5-3-10)16-13-7-6-12(9-15-13)17(19)20;2*1-2;;;/h2-12,14H,13H2,1H3,(H,28,31);2-12,14H,13H2,1H3,(H,22,23)(H,24,26);2-7,9H,8H2,1H3;2-7,9H,8,20H2,1H3;2-7,9H,8H2,1H3,(H,15,16);1-2H3;2H,1H3;1H4;;1H2/q;;;;;;;;+1;/p-1. The molecule has 0 bridgehead atoms. The Balaban J connectivity index is 0.000000446. The molecule has 0 aliphatic heterocycles. The first-order valence-electron chi connectivity index (χ1n) is 39.8. The summed E-state index contributed by atoms with van der Waals surface area (Å²) in [7, 11) is 7.36. The van der Waals surface area contributed by atoms with E-state index in [1.807, 2.05) is 56.3 Å². The van der Waals surface area contributed by atoms with Crippen molar-refractivity contribution in [1.29, 1.82) is 0 Å². The van der Waals surface area contributed by atoms with Gasteiger partial charge in [0.05, 0.1) is 130 Å². The second-order valence-corrected chi connectivity index (χ2v) is 27.0. The van der Waals surface area contributed by atoms with Crippen LogP contribution in [-0.2, 0) is 94.1 Å². The average molecular weight is 1960 g/mol. The molecule has 0 unspecified atom stereocenters. The van der Waals surface area contributed by atoms with Crippen LogP contribution in [0.2, 0.25) is 0 Å². The third kappa shape index (κ3) is 38.0. The first kappa shape index (κ1) is 118. The minimum Gasteiger partial charge on any atom is -0.870 e. The number of nitro groups is 2. The molecule has 8 N–H and O–H groups in total. The molecule has 0 fully saturated rings. The van der Waals surface area contributed by atoms with E-state index in [4.69, 9.17) is 10.8 Å². The maximum atomic E-state index is 13.3. The number of pyridine rings is 5. The first-order chi connectivity index (χ1) is 65.2. The van der Waals surface area contributed by atoms with Crippen molar-refractivity contribution in [2.45, 2.75) is 71.9 Å². The number of benzene rings is 7. The molecule has 140 heavy (non-hydrogen) atoms. The number of carbonyl (C=O) groups is 10. The Kier molecular flexibility index (Phi) is 48.8. The maximum absolute atomic E-state index is 13.3. The van der Waals surface area contributed by atoms with Gasteiger partial charge in [-0.25, -0.2) is 24.9 Å². The molecule has 0 aliphatic carbocycles. The van der Waals surface area contributed by atoms with Gasteiger partial charge < -0.3 is 61.3 Å². The van der Waals surface area contributed by atoms with Crippen LogP contribution in [0.25, 0.3) is 0 Å². The Hall–Kier alpha value is -16.5. The Labute approximate surface area is 816 Å². The van der Waals surface area contributed by atoms with Crippen LogP contribution in [0.1, 0.15) is 69.8 Å². The third-order valence-corrected chi connectivity index (χ3v) is 17.7. The van der Waals surface area contributed by atoms with Crippen molar-refractivity contribution in [2.75, 3.05) is 84.4 Å². The number of halogens is 9. The number of nitrogens with zero attached hydrogens (tertiary/aromatic N) is 10. The molecule has 0 aliphatic rings. The van der Waals surface area contributed by atoms with Crippen LogP contribution in [0.15, 0.2) is 274 Å². The van der Waals surface area contributed by atoms with Gasteiger partial charge in [-0.1, -0.05) is 118 Å². The van der Waals surface area contributed by atoms with E-state index < -0.39 is 81.4 Å². The number of hydrogen-bond acceptors (Lipinski definition) is 29. The molecular formula is C94H91F9N15NaO21. The van der Waals surface area contributed by atoms with E-state index in [1.165, 1.54) is 151 Å². The summed E-state index contributed by atoms with van der Waals surface area (Å²) in [6.45, 7) is 4.00. The Morgan fingerprint density at radius 2 is 0.593 bits per heavy atom. The van der Waals surface area contributed by atoms with Crippen LogP contribution in [0.4, 0.5) is 125 Å². The molecule has 0 saturated carbocycles. The van der Waals surface area contributed by atoms with E-state index in [-0.39, 0.29) is 143 Å². The summed E-state index contributed by atoms with van der Waals surface area (Å²) < 4.78 is 140. The van der Waals surface area contributed by atoms with Crippen LogP contribution >= 0.6 is 0 Å². The number of aliphatic hydroxyl groups is 1. The van der Waals surface area contributed by atoms with Crippen LogP contribution < -0.4 is 71.3 Å². The molecular weight excluding hydrogens is 1870 g/mol. The third-order valence-electron chi connectivity index (χ3n) is 17.7. The van der Waals surface area contributed by atoms with E-state index in [1.54, 1.807) is 85.1 Å². The summed E-state index contributed by atoms with van der Waals surface area (Å²) in [5, 5.41) is 39.8. The summed E-state index contributed by atoms with van der Waals surface area (Å²) in [6.07, 6.45) is -9.37. The Morgan fingerprint density at radius 1 is 0.350 bits per heavy atom. The summed E-state index contributed by atoms with van der Waals surface area (Å²) in [6, 6.07) is 61.3. The molecule has 0 atom stereocenters. The zero-order valence-electron chi connectivity index (χ0n) is 75.1. The molecule has 0 radical (unpaired) electrons. The zero-order valence-corrected chi connectivity index (χ0v) is 77.1. The van der Waals surface area contributed by atoms with Crippen LogP contribution in [0.3, 0.4) is 0 Å². The molecule has 12 aromatic rings. The Morgan fingerprint density at radius 3 is 0.829 bits per heavy atom. The predicted molar refractivity (Wildman–Crippen MR) is 493 cm³/mol. The summed E-state index contributed by atoms with van der Waals surface area (Å²) in [5.74, 6) is -8.98. The van der Waals surface area contributed by atoms with Gasteiger partial charge in [-0.3, -0.25) is 82.9 Å². The second-order valence-electron chi connectivity index (χ2n) is 27.0. The fourth-order valence-corrected chi connectivity index (χ4v) is 11.1. The summed E-state index contributed by atoms with van der Waals surface area (Å²) in [5.41, 5.74) is 11.5. The van der Waals surface area contributed by atoms with Crippen molar-refractivity contribution < 1.29 is 161 Å². The van der Waals surface area contributed by atoms with Gasteiger partial charge in [-0.15, -0.1) is 0 Å². The van der Waals surface area contributed by atoms with Gasteiger partial charge in [0.15, 0.2) is 0 Å². The number of aliphatic hydroxyl groups excluding tert-OH is 1. The van der Waals surface area contributed by atoms with E-state index in [2.05, 4.69) is 69.9 Å². The van der Waals surface area contributed by atoms with E-state index >= 15 is 0 Å². The van der Waals surface area contributed by atoms with Crippen molar-refractivity contribution in [3.05, 3.63) is 333 Å². The minimum absolute atomic E-state index is 0. The number of nitrogen functional groups attached to an aromatic ring is 1. The van der Waals surface area contributed by atoms with Crippen LogP contribution in [-0.4, -0.2) is 166 Å². The smallest absolute Gasteiger partial charge is 0.870 e. The number of anilines is 13. The van der Waals surface area contributed by atoms with Gasteiger partial charge in [-0.2, -0.15) is 39.5 Å². The monoisotopic (exact) mass is 1960 g/mol. The van der Waals surface area contributed by atoms with Crippen molar-refractivity contribution in [3.8, 4) is 0 Å². The summed E-state index contributed by atoms with van der Waals surface area (Å²) in [4.78, 5) is 157. The topological polar surface area (TPSA) is 502 Å². The van der Waals surface area contributed by atoms with Crippen LogP contribution in [0, 0.1) is 20.2 Å². The molecule has 0 saturated heterocycles. The van der Waals surface area contributed by atoms with Gasteiger partial charge in [0.2, 0.25) is 0 Å². The molecule has 5 heterocycles. The first-order valence-corrected chi connectivity index (χ1v) is 39.8. The second kappa shape index (κ2) is 58.0. The largest absolute Gasteiger partial charge is 1.00 e. The van der Waals surface area contributed by atoms with Crippen LogP contribution in [0.5, 0.6) is 0 Å². The zero-order chi connectivity index (χ0) is 101. The molecule has 7 aromatic carbocycles. The van der Waals surface area contributed by atoms with Crippen molar-refractivity contribution in [2.24, 2.45) is 0 Å². The van der Waals surface area contributed by atoms with Gasteiger partial charge in [0.1, 0.15) is 41.5 Å². The number of nitrogens with one attached hydrogen (secondary N) is 4. The molecule has 5 amide bonds. The van der Waals surface area contributed by atoms with Gasteiger partial charge >= 0.3 is 95.7 Å².